The summed E-state index contributed by atoms with van der Waals surface area (Å²) in [5.41, 5.74) is 5.34. The fourth-order valence-electron chi connectivity index (χ4n) is 1.51. The predicted octanol–water partition coefficient (Wildman–Crippen LogP) is 0.561. The van der Waals surface area contributed by atoms with Gasteiger partial charge in [-0.1, -0.05) is 0 Å². The molecule has 0 atom stereocenters. The van der Waals surface area contributed by atoms with Crippen LogP contribution in [0, 0.1) is 11.6 Å². The molecule has 5 nitrogen and oxygen atoms in total. The number of rotatable bonds is 7. The summed E-state index contributed by atoms with van der Waals surface area (Å²) in [6.45, 7) is 0.323. The largest absolute Gasteiger partial charge is 0.383 e. The molecule has 8 heteroatoms. The summed E-state index contributed by atoms with van der Waals surface area (Å²) in [6.07, 6.45) is 0. The molecular weight excluding hydrogens is 278 g/mol. The minimum atomic E-state index is -4.05. The maximum atomic E-state index is 13.6. The number of hydrogen-bond donors (Lipinski definition) is 1. The van der Waals surface area contributed by atoms with E-state index in [-0.39, 0.29) is 26.2 Å². The standard InChI is InChI=1S/C11H16F2N2O3S/c1-18-7-6-15(5-4-14)19(16,17)11-3-2-9(12)8-10(11)13/h2-3,8H,4-7,14H2,1H3. The van der Waals surface area contributed by atoms with Gasteiger partial charge in [0, 0.05) is 32.8 Å². The van der Waals surface area contributed by atoms with Gasteiger partial charge in [0.15, 0.2) is 0 Å². The Labute approximate surface area is 111 Å². The third-order valence-electron chi connectivity index (χ3n) is 2.44. The lowest BCUT2D eigenvalue weighted by molar-refractivity contribution is 0.179. The fraction of sp³-hybridized carbons (Fsp3) is 0.455. The van der Waals surface area contributed by atoms with E-state index in [1.165, 1.54) is 7.11 Å². The van der Waals surface area contributed by atoms with E-state index in [0.29, 0.717) is 6.07 Å². The summed E-state index contributed by atoms with van der Waals surface area (Å²) in [6, 6.07) is 2.33. The summed E-state index contributed by atoms with van der Waals surface area (Å²) in [5.74, 6) is -1.96. The molecule has 19 heavy (non-hydrogen) atoms. The third kappa shape index (κ3) is 3.93. The van der Waals surface area contributed by atoms with Crippen LogP contribution in [0.25, 0.3) is 0 Å². The van der Waals surface area contributed by atoms with Crippen LogP contribution in [0.1, 0.15) is 0 Å². The summed E-state index contributed by atoms with van der Waals surface area (Å²) in [4.78, 5) is -0.571. The second kappa shape index (κ2) is 6.90. The van der Waals surface area contributed by atoms with Gasteiger partial charge >= 0.3 is 0 Å². The fourth-order valence-corrected chi connectivity index (χ4v) is 3.00. The molecule has 0 aliphatic heterocycles. The Kier molecular flexibility index (Phi) is 5.80. The molecule has 108 valence electrons. The first-order valence-corrected chi connectivity index (χ1v) is 7.01. The van der Waals surface area contributed by atoms with Crippen LogP contribution in [-0.4, -0.2) is 46.1 Å². The molecule has 1 aromatic carbocycles. The zero-order valence-corrected chi connectivity index (χ0v) is 11.3. The first-order valence-electron chi connectivity index (χ1n) is 5.57. The Morgan fingerprint density at radius 3 is 2.53 bits per heavy atom. The highest BCUT2D eigenvalue weighted by atomic mass is 32.2. The third-order valence-corrected chi connectivity index (χ3v) is 4.37. The van der Waals surface area contributed by atoms with Gasteiger partial charge in [0.05, 0.1) is 6.61 Å². The average molecular weight is 294 g/mol. The van der Waals surface area contributed by atoms with Crippen molar-refractivity contribution in [2.24, 2.45) is 5.73 Å². The zero-order valence-electron chi connectivity index (χ0n) is 10.5. The van der Waals surface area contributed by atoms with Crippen molar-refractivity contribution >= 4 is 10.0 Å². The van der Waals surface area contributed by atoms with Crippen molar-refractivity contribution < 1.29 is 21.9 Å². The van der Waals surface area contributed by atoms with Crippen LogP contribution in [0.5, 0.6) is 0 Å². The molecule has 0 fully saturated rings. The van der Waals surface area contributed by atoms with E-state index in [1.54, 1.807) is 0 Å². The van der Waals surface area contributed by atoms with Gasteiger partial charge in [-0.15, -0.1) is 0 Å². The van der Waals surface area contributed by atoms with Crippen molar-refractivity contribution in [3.8, 4) is 0 Å². The molecule has 0 saturated carbocycles. The second-order valence-corrected chi connectivity index (χ2v) is 5.67. The summed E-state index contributed by atoms with van der Waals surface area (Å²) in [7, 11) is -2.63. The molecule has 1 aromatic rings. The molecule has 0 saturated heterocycles. The van der Waals surface area contributed by atoms with Gasteiger partial charge in [0.25, 0.3) is 0 Å². The SMILES string of the molecule is COCCN(CCN)S(=O)(=O)c1ccc(F)cc1F. The molecule has 0 aliphatic carbocycles. The molecule has 2 N–H and O–H groups in total. The Morgan fingerprint density at radius 2 is 2.00 bits per heavy atom. The maximum absolute atomic E-state index is 13.6. The van der Waals surface area contributed by atoms with Gasteiger partial charge in [-0.25, -0.2) is 17.2 Å². The maximum Gasteiger partial charge on any atom is 0.246 e. The molecule has 0 radical (unpaired) electrons. The van der Waals surface area contributed by atoms with E-state index in [9.17, 15) is 17.2 Å². The van der Waals surface area contributed by atoms with Crippen molar-refractivity contribution in [3.63, 3.8) is 0 Å². The van der Waals surface area contributed by atoms with Crippen molar-refractivity contribution in [1.82, 2.24) is 4.31 Å². The molecule has 0 amide bonds. The first-order chi connectivity index (χ1) is 8.93. The number of halogens is 2. The summed E-state index contributed by atoms with van der Waals surface area (Å²) in [5, 5.41) is 0. The highest BCUT2D eigenvalue weighted by Crippen LogP contribution is 2.19. The molecule has 0 aromatic heterocycles. The molecule has 1 rings (SSSR count). The second-order valence-electron chi connectivity index (χ2n) is 3.76. The van der Waals surface area contributed by atoms with E-state index in [2.05, 4.69) is 0 Å². The van der Waals surface area contributed by atoms with E-state index < -0.39 is 26.6 Å². The molecule has 0 spiro atoms. The molecule has 0 aliphatic rings. The van der Waals surface area contributed by atoms with Gasteiger partial charge in [0.1, 0.15) is 16.5 Å². The monoisotopic (exact) mass is 294 g/mol. The van der Waals surface area contributed by atoms with Gasteiger partial charge < -0.3 is 10.5 Å². The Bertz CT molecular complexity index is 523. The van der Waals surface area contributed by atoms with Crippen LogP contribution in [-0.2, 0) is 14.8 Å². The van der Waals surface area contributed by atoms with Crippen molar-refractivity contribution in [2.75, 3.05) is 33.4 Å². The number of sulfonamides is 1. The summed E-state index contributed by atoms with van der Waals surface area (Å²) < 4.78 is 56.6. The van der Waals surface area contributed by atoms with Crippen molar-refractivity contribution in [1.29, 1.82) is 0 Å². The Hall–Kier alpha value is -1.09. The van der Waals surface area contributed by atoms with Gasteiger partial charge in [-0.2, -0.15) is 4.31 Å². The minimum absolute atomic E-state index is 0.0303. The van der Waals surface area contributed by atoms with E-state index in [0.717, 1.165) is 16.4 Å². The van der Waals surface area contributed by atoms with Crippen LogP contribution < -0.4 is 5.73 Å². The highest BCUT2D eigenvalue weighted by molar-refractivity contribution is 7.89. The van der Waals surface area contributed by atoms with Gasteiger partial charge in [0.2, 0.25) is 10.0 Å². The van der Waals surface area contributed by atoms with E-state index >= 15 is 0 Å². The van der Waals surface area contributed by atoms with Gasteiger partial charge in [-0.05, 0) is 12.1 Å². The lowest BCUT2D eigenvalue weighted by atomic mass is 10.3. The number of benzene rings is 1. The number of ether oxygens (including phenoxy) is 1. The zero-order chi connectivity index (χ0) is 14.5. The number of nitrogens with two attached hydrogens (primary N) is 1. The van der Waals surface area contributed by atoms with Crippen LogP contribution in [0.15, 0.2) is 23.1 Å². The predicted molar refractivity (Wildman–Crippen MR) is 66.0 cm³/mol. The molecule has 0 heterocycles. The van der Waals surface area contributed by atoms with Gasteiger partial charge in [-0.3, -0.25) is 0 Å². The van der Waals surface area contributed by atoms with Crippen LogP contribution >= 0.6 is 0 Å². The number of methoxy groups -OCH3 is 1. The molecule has 0 unspecified atom stereocenters. The average Bonchev–Trinajstić information content (AvgIpc) is 2.33. The Balaban J connectivity index is 3.11. The van der Waals surface area contributed by atoms with Crippen molar-refractivity contribution in [3.05, 3.63) is 29.8 Å². The van der Waals surface area contributed by atoms with E-state index in [1.807, 2.05) is 0 Å². The minimum Gasteiger partial charge on any atom is -0.383 e. The van der Waals surface area contributed by atoms with E-state index in [4.69, 9.17) is 10.5 Å². The quantitative estimate of drug-likeness (QED) is 0.797. The smallest absolute Gasteiger partial charge is 0.246 e. The number of hydrogen-bond acceptors (Lipinski definition) is 4. The summed E-state index contributed by atoms with van der Waals surface area (Å²) >= 11 is 0. The lowest BCUT2D eigenvalue weighted by Crippen LogP contribution is -2.38. The lowest BCUT2D eigenvalue weighted by Gasteiger charge is -2.21. The molecular formula is C11H16F2N2O3S. The van der Waals surface area contributed by atoms with Crippen LogP contribution in [0.4, 0.5) is 8.78 Å². The topological polar surface area (TPSA) is 72.6 Å². The Morgan fingerprint density at radius 1 is 1.32 bits per heavy atom. The normalized spacial score (nSPS) is 12.1. The first kappa shape index (κ1) is 16.0. The van der Waals surface area contributed by atoms with Crippen LogP contribution in [0.2, 0.25) is 0 Å². The van der Waals surface area contributed by atoms with Crippen LogP contribution in [0.3, 0.4) is 0 Å². The highest BCUT2D eigenvalue weighted by Gasteiger charge is 2.26. The number of nitrogens with zero attached hydrogens (tertiary/aromatic N) is 1. The molecule has 0 bridgehead atoms. The van der Waals surface area contributed by atoms with Crippen molar-refractivity contribution in [2.45, 2.75) is 4.90 Å².